The molecule has 2 aromatic heterocycles. The van der Waals surface area contributed by atoms with Gasteiger partial charge in [-0.2, -0.15) is 0 Å². The molecule has 0 aliphatic carbocycles. The van der Waals surface area contributed by atoms with Gasteiger partial charge < -0.3 is 0 Å². The van der Waals surface area contributed by atoms with Gasteiger partial charge in [0.25, 0.3) is 0 Å². The maximum Gasteiger partial charge on any atom is 0.150 e. The van der Waals surface area contributed by atoms with Crippen molar-refractivity contribution in [2.75, 3.05) is 0 Å². The molecule has 8 nitrogen and oxygen atoms in total. The summed E-state index contributed by atoms with van der Waals surface area (Å²) in [6, 6.07) is 0. The Morgan fingerprint density at radius 3 is 1.69 bits per heavy atom. The van der Waals surface area contributed by atoms with Crippen LogP contribution in [0, 0.1) is 13.8 Å². The highest BCUT2D eigenvalue weighted by Gasteiger charge is 2.04. The van der Waals surface area contributed by atoms with E-state index in [1.165, 1.54) is 0 Å². The molecular weight excluding hydrogens is 172 g/mol. The van der Waals surface area contributed by atoms with Crippen LogP contribution in [-0.2, 0) is 6.67 Å². The maximum absolute atomic E-state index is 3.77. The molecule has 0 aliphatic heterocycles. The molecule has 13 heavy (non-hydrogen) atoms. The van der Waals surface area contributed by atoms with Gasteiger partial charge in [0.2, 0.25) is 0 Å². The van der Waals surface area contributed by atoms with Crippen LogP contribution in [0.5, 0.6) is 0 Å². The van der Waals surface area contributed by atoms with Gasteiger partial charge in [-0.05, 0) is 34.7 Å². The molecular formula is C5H8N8. The smallest absolute Gasteiger partial charge is 0.150 e. The van der Waals surface area contributed by atoms with Crippen LogP contribution in [0.3, 0.4) is 0 Å². The van der Waals surface area contributed by atoms with Gasteiger partial charge in [0, 0.05) is 0 Å². The quantitative estimate of drug-likeness (QED) is 0.575. The van der Waals surface area contributed by atoms with Crippen LogP contribution in [0.1, 0.15) is 11.6 Å². The Labute approximate surface area is 73.6 Å². The monoisotopic (exact) mass is 180 g/mol. The van der Waals surface area contributed by atoms with Crippen molar-refractivity contribution in [1.82, 2.24) is 40.4 Å². The number of aromatic nitrogens is 8. The Hall–Kier alpha value is -1.86. The average molecular weight is 180 g/mol. The normalized spacial score (nSPS) is 10.6. The van der Waals surface area contributed by atoms with Crippen molar-refractivity contribution >= 4 is 0 Å². The summed E-state index contributed by atoms with van der Waals surface area (Å²) in [6.07, 6.45) is 0. The molecule has 0 radical (unpaired) electrons. The van der Waals surface area contributed by atoms with Crippen molar-refractivity contribution in [1.29, 1.82) is 0 Å². The van der Waals surface area contributed by atoms with Crippen molar-refractivity contribution in [3.63, 3.8) is 0 Å². The molecule has 0 unspecified atom stereocenters. The van der Waals surface area contributed by atoms with Crippen molar-refractivity contribution in [2.24, 2.45) is 0 Å². The predicted molar refractivity (Wildman–Crippen MR) is 40.5 cm³/mol. The number of hydrogen-bond donors (Lipinski definition) is 0. The van der Waals surface area contributed by atoms with E-state index >= 15 is 0 Å². The first-order valence-corrected chi connectivity index (χ1v) is 3.73. The minimum atomic E-state index is 0.442. The zero-order valence-corrected chi connectivity index (χ0v) is 7.28. The number of tetrazole rings is 2. The fourth-order valence-corrected chi connectivity index (χ4v) is 0.887. The van der Waals surface area contributed by atoms with E-state index in [1.807, 2.05) is 13.8 Å². The van der Waals surface area contributed by atoms with Gasteiger partial charge in [-0.15, -0.1) is 10.2 Å². The lowest BCUT2D eigenvalue weighted by molar-refractivity contribution is 0.463. The summed E-state index contributed by atoms with van der Waals surface area (Å²) >= 11 is 0. The van der Waals surface area contributed by atoms with Gasteiger partial charge in [0.1, 0.15) is 18.3 Å². The molecule has 0 aromatic carbocycles. The average Bonchev–Trinajstić information content (AvgIpc) is 2.65. The van der Waals surface area contributed by atoms with Crippen LogP contribution in [0.25, 0.3) is 0 Å². The van der Waals surface area contributed by atoms with Gasteiger partial charge in [-0.3, -0.25) is 0 Å². The third-order valence-corrected chi connectivity index (χ3v) is 1.69. The summed E-state index contributed by atoms with van der Waals surface area (Å²) in [5, 5.41) is 22.1. The van der Waals surface area contributed by atoms with E-state index in [0.717, 1.165) is 11.6 Å². The van der Waals surface area contributed by atoms with Crippen LogP contribution in [-0.4, -0.2) is 40.4 Å². The molecule has 0 amide bonds. The lowest BCUT2D eigenvalue weighted by atomic mass is 10.7. The highest BCUT2D eigenvalue weighted by molar-refractivity contribution is 4.77. The Bertz CT molecular complexity index is 362. The Balaban J connectivity index is 2.24. The van der Waals surface area contributed by atoms with Crippen molar-refractivity contribution in [3.05, 3.63) is 11.6 Å². The third kappa shape index (κ3) is 1.37. The van der Waals surface area contributed by atoms with Crippen LogP contribution in [0.2, 0.25) is 0 Å². The van der Waals surface area contributed by atoms with E-state index in [2.05, 4.69) is 31.1 Å². The van der Waals surface area contributed by atoms with E-state index in [4.69, 9.17) is 0 Å². The second-order valence-electron chi connectivity index (χ2n) is 2.59. The fourth-order valence-electron chi connectivity index (χ4n) is 0.887. The van der Waals surface area contributed by atoms with Crippen molar-refractivity contribution < 1.29 is 0 Å². The van der Waals surface area contributed by atoms with Crippen LogP contribution < -0.4 is 0 Å². The standard InChI is InChI=1S/C5H8N8/c1-4-6-8-10-12(4)3-13-5(2)7-9-11-13/h3H2,1-2H3. The van der Waals surface area contributed by atoms with E-state index in [-0.39, 0.29) is 0 Å². The van der Waals surface area contributed by atoms with Crippen LogP contribution in [0.4, 0.5) is 0 Å². The number of aryl methyl sites for hydroxylation is 2. The summed E-state index contributed by atoms with van der Waals surface area (Å²) < 4.78 is 3.23. The highest BCUT2D eigenvalue weighted by Crippen LogP contribution is 1.92. The molecule has 0 N–H and O–H groups in total. The van der Waals surface area contributed by atoms with Crippen LogP contribution in [0.15, 0.2) is 0 Å². The molecule has 0 saturated carbocycles. The van der Waals surface area contributed by atoms with Gasteiger partial charge >= 0.3 is 0 Å². The fraction of sp³-hybridized carbons (Fsp3) is 0.600. The molecule has 0 saturated heterocycles. The van der Waals surface area contributed by atoms with Gasteiger partial charge in [-0.1, -0.05) is 0 Å². The Morgan fingerprint density at radius 2 is 1.38 bits per heavy atom. The second-order valence-corrected chi connectivity index (χ2v) is 2.59. The third-order valence-electron chi connectivity index (χ3n) is 1.69. The molecule has 2 aromatic rings. The molecule has 8 heteroatoms. The minimum absolute atomic E-state index is 0.442. The number of hydrogen-bond acceptors (Lipinski definition) is 6. The highest BCUT2D eigenvalue weighted by atomic mass is 15.6. The van der Waals surface area contributed by atoms with Crippen molar-refractivity contribution in [2.45, 2.75) is 20.5 Å². The number of rotatable bonds is 2. The molecule has 0 aliphatic rings. The summed E-state index contributed by atoms with van der Waals surface area (Å²) in [5.41, 5.74) is 0. The molecule has 0 fully saturated rings. The first-order chi connectivity index (χ1) is 6.27. The van der Waals surface area contributed by atoms with Crippen molar-refractivity contribution in [3.8, 4) is 0 Å². The predicted octanol–water partition coefficient (Wildman–Crippen LogP) is -1.22. The molecule has 2 rings (SSSR count). The van der Waals surface area contributed by atoms with Gasteiger partial charge in [-0.25, -0.2) is 9.36 Å². The summed E-state index contributed by atoms with van der Waals surface area (Å²) in [6.45, 7) is 4.08. The molecule has 68 valence electrons. The number of nitrogens with zero attached hydrogens (tertiary/aromatic N) is 8. The molecule has 0 bridgehead atoms. The molecule has 0 atom stereocenters. The van der Waals surface area contributed by atoms with E-state index < -0.39 is 0 Å². The Morgan fingerprint density at radius 1 is 0.923 bits per heavy atom. The topological polar surface area (TPSA) is 87.2 Å². The lowest BCUT2D eigenvalue weighted by Gasteiger charge is -2.00. The largest absolute Gasteiger partial charge is 0.208 e. The SMILES string of the molecule is Cc1nnnn1Cn1nnnc1C. The lowest BCUT2D eigenvalue weighted by Crippen LogP contribution is -2.14. The zero-order chi connectivity index (χ0) is 9.26. The molecule has 0 spiro atoms. The van der Waals surface area contributed by atoms with Gasteiger partial charge in [0.05, 0.1) is 0 Å². The van der Waals surface area contributed by atoms with E-state index in [9.17, 15) is 0 Å². The van der Waals surface area contributed by atoms with Gasteiger partial charge in [0.15, 0.2) is 0 Å². The van der Waals surface area contributed by atoms with Crippen LogP contribution >= 0.6 is 0 Å². The summed E-state index contributed by atoms with van der Waals surface area (Å²) in [4.78, 5) is 0. The maximum atomic E-state index is 3.77. The Kier molecular flexibility index (Phi) is 1.72. The first-order valence-electron chi connectivity index (χ1n) is 3.73. The molecule has 2 heterocycles. The zero-order valence-electron chi connectivity index (χ0n) is 7.28. The minimum Gasteiger partial charge on any atom is -0.208 e. The van der Waals surface area contributed by atoms with E-state index in [1.54, 1.807) is 9.36 Å². The first kappa shape index (κ1) is 7.77. The summed E-state index contributed by atoms with van der Waals surface area (Å²) in [7, 11) is 0. The summed E-state index contributed by atoms with van der Waals surface area (Å²) in [5.74, 6) is 1.46. The van der Waals surface area contributed by atoms with E-state index in [0.29, 0.717) is 6.67 Å². The second kappa shape index (κ2) is 2.88.